The van der Waals surface area contributed by atoms with Gasteiger partial charge in [-0.15, -0.1) is 0 Å². The number of aromatic carboxylic acids is 1. The van der Waals surface area contributed by atoms with Crippen molar-refractivity contribution in [3.05, 3.63) is 53.7 Å². The van der Waals surface area contributed by atoms with Crippen molar-refractivity contribution in [3.63, 3.8) is 0 Å². The summed E-state index contributed by atoms with van der Waals surface area (Å²) in [4.78, 5) is 13.3. The van der Waals surface area contributed by atoms with Gasteiger partial charge in [0, 0.05) is 30.2 Å². The van der Waals surface area contributed by atoms with Gasteiger partial charge in [-0.1, -0.05) is 12.0 Å². The molecular formula is C29H32F4N4O3. The Kier molecular flexibility index (Phi) is 8.79. The number of likely N-dealkylation sites (tertiary alicyclic amines) is 1. The molecule has 1 aromatic heterocycles. The summed E-state index contributed by atoms with van der Waals surface area (Å²) in [7, 11) is 1.40. The molecule has 2 heterocycles. The zero-order chi connectivity index (χ0) is 29.0. The standard InChI is InChI=1S/C29H32F4N4O3/c1-18(2)36-13-11-24(22(30)16-36)35-23-7-4-8-26-21(23)15-20(37(26)17-29(31,32)33)6-5-12-34-25-10-9-19(28(38)39)14-27(25)40-3/h4,7-10,14-15,18,22,24,34-35H,11-13,16-17H2,1-3H3,(H,38,39). The molecule has 1 fully saturated rings. The van der Waals surface area contributed by atoms with Gasteiger partial charge in [-0.05, 0) is 62.6 Å². The van der Waals surface area contributed by atoms with E-state index in [2.05, 4.69) is 27.4 Å². The second-order valence-electron chi connectivity index (χ2n) is 9.99. The first-order valence-corrected chi connectivity index (χ1v) is 12.9. The number of nitrogens with zero attached hydrogens (tertiary/aromatic N) is 2. The van der Waals surface area contributed by atoms with E-state index in [9.17, 15) is 22.4 Å². The van der Waals surface area contributed by atoms with Crippen molar-refractivity contribution >= 4 is 28.2 Å². The first-order chi connectivity index (χ1) is 19.0. The van der Waals surface area contributed by atoms with Gasteiger partial charge in [-0.3, -0.25) is 4.90 Å². The van der Waals surface area contributed by atoms with Gasteiger partial charge in [0.25, 0.3) is 0 Å². The van der Waals surface area contributed by atoms with Crippen LogP contribution in [0.15, 0.2) is 42.5 Å². The minimum absolute atomic E-state index is 0.0547. The lowest BCUT2D eigenvalue weighted by molar-refractivity contribution is -0.140. The van der Waals surface area contributed by atoms with Crippen molar-refractivity contribution < 1.29 is 32.2 Å². The van der Waals surface area contributed by atoms with Crippen LogP contribution < -0.4 is 15.4 Å². The molecule has 0 amide bonds. The fourth-order valence-corrected chi connectivity index (χ4v) is 4.87. The molecule has 0 spiro atoms. The maximum atomic E-state index is 15.0. The molecule has 1 aliphatic heterocycles. The maximum Gasteiger partial charge on any atom is 0.406 e. The van der Waals surface area contributed by atoms with Gasteiger partial charge >= 0.3 is 12.1 Å². The van der Waals surface area contributed by atoms with Crippen LogP contribution in [0.1, 0.15) is 36.3 Å². The smallest absolute Gasteiger partial charge is 0.406 e. The monoisotopic (exact) mass is 560 g/mol. The normalized spacial score (nSPS) is 17.9. The third kappa shape index (κ3) is 6.80. The maximum absolute atomic E-state index is 15.0. The highest BCUT2D eigenvalue weighted by atomic mass is 19.4. The quantitative estimate of drug-likeness (QED) is 0.246. The van der Waals surface area contributed by atoms with Gasteiger partial charge in [0.05, 0.1) is 42.2 Å². The van der Waals surface area contributed by atoms with Gasteiger partial charge in [-0.2, -0.15) is 13.2 Å². The molecule has 7 nitrogen and oxygen atoms in total. The number of methoxy groups -OCH3 is 1. The molecule has 3 N–H and O–H groups in total. The molecule has 1 aliphatic rings. The van der Waals surface area contributed by atoms with Crippen molar-refractivity contribution in [3.8, 4) is 17.6 Å². The number of ether oxygens (including phenoxy) is 1. The number of benzene rings is 2. The number of hydrogen-bond acceptors (Lipinski definition) is 5. The Morgan fingerprint density at radius 1 is 1.20 bits per heavy atom. The van der Waals surface area contributed by atoms with Crippen molar-refractivity contribution in [2.24, 2.45) is 0 Å². The summed E-state index contributed by atoms with van der Waals surface area (Å²) in [5.41, 5.74) is 1.63. The van der Waals surface area contributed by atoms with Crippen LogP contribution in [0.25, 0.3) is 10.9 Å². The largest absolute Gasteiger partial charge is 0.495 e. The first-order valence-electron chi connectivity index (χ1n) is 12.9. The zero-order valence-electron chi connectivity index (χ0n) is 22.5. The summed E-state index contributed by atoms with van der Waals surface area (Å²) in [6, 6.07) is 10.7. The van der Waals surface area contributed by atoms with Crippen LogP contribution in [0.5, 0.6) is 5.75 Å². The molecule has 0 saturated carbocycles. The predicted octanol–water partition coefficient (Wildman–Crippen LogP) is 5.61. The van der Waals surface area contributed by atoms with Crippen LogP contribution in [0, 0.1) is 11.8 Å². The van der Waals surface area contributed by atoms with Crippen molar-refractivity contribution in [1.82, 2.24) is 9.47 Å². The molecule has 0 bridgehead atoms. The van der Waals surface area contributed by atoms with Crippen LogP contribution in [-0.2, 0) is 6.54 Å². The number of rotatable bonds is 8. The Morgan fingerprint density at radius 2 is 1.98 bits per heavy atom. The molecule has 2 atom stereocenters. The van der Waals surface area contributed by atoms with E-state index >= 15 is 0 Å². The summed E-state index contributed by atoms with van der Waals surface area (Å²) in [6.07, 6.45) is -5.01. The molecule has 2 unspecified atom stereocenters. The van der Waals surface area contributed by atoms with E-state index in [0.29, 0.717) is 41.0 Å². The van der Waals surface area contributed by atoms with E-state index in [1.54, 1.807) is 24.3 Å². The average molecular weight is 561 g/mol. The number of carboxylic acids is 1. The average Bonchev–Trinajstić information content (AvgIpc) is 3.24. The molecular weight excluding hydrogens is 528 g/mol. The van der Waals surface area contributed by atoms with E-state index in [1.165, 1.54) is 25.3 Å². The number of alkyl halides is 4. The molecule has 2 aromatic carbocycles. The zero-order valence-corrected chi connectivity index (χ0v) is 22.5. The number of anilines is 2. The lowest BCUT2D eigenvalue weighted by Crippen LogP contribution is -2.50. The Balaban J connectivity index is 1.59. The number of carboxylic acid groups (broad SMARTS) is 1. The van der Waals surface area contributed by atoms with E-state index < -0.39 is 30.9 Å². The molecule has 4 rings (SSSR count). The van der Waals surface area contributed by atoms with Crippen molar-refractivity contribution in [2.45, 2.75) is 51.2 Å². The van der Waals surface area contributed by atoms with Gasteiger partial charge in [-0.25, -0.2) is 9.18 Å². The number of fused-ring (bicyclic) bond motifs is 1. The van der Waals surface area contributed by atoms with Crippen LogP contribution in [-0.4, -0.2) is 71.7 Å². The Morgan fingerprint density at radius 3 is 2.62 bits per heavy atom. The van der Waals surface area contributed by atoms with Gasteiger partial charge in [0.1, 0.15) is 18.5 Å². The third-order valence-corrected chi connectivity index (χ3v) is 6.96. The van der Waals surface area contributed by atoms with Crippen molar-refractivity contribution in [2.75, 3.05) is 37.4 Å². The number of carbonyl (C=O) groups is 1. The van der Waals surface area contributed by atoms with E-state index in [4.69, 9.17) is 9.84 Å². The first kappa shape index (κ1) is 29.1. The second kappa shape index (κ2) is 12.1. The second-order valence-corrected chi connectivity index (χ2v) is 9.99. The summed E-state index contributed by atoms with van der Waals surface area (Å²) < 4.78 is 61.9. The lowest BCUT2D eigenvalue weighted by atomic mass is 10.0. The lowest BCUT2D eigenvalue weighted by Gasteiger charge is -2.37. The number of piperidine rings is 1. The summed E-state index contributed by atoms with van der Waals surface area (Å²) in [5.74, 6) is 4.87. The van der Waals surface area contributed by atoms with E-state index in [-0.39, 0.29) is 23.8 Å². The fourth-order valence-electron chi connectivity index (χ4n) is 4.87. The van der Waals surface area contributed by atoms with Crippen molar-refractivity contribution in [1.29, 1.82) is 0 Å². The summed E-state index contributed by atoms with van der Waals surface area (Å²) in [5, 5.41) is 15.9. The molecule has 0 radical (unpaired) electrons. The molecule has 40 heavy (non-hydrogen) atoms. The van der Waals surface area contributed by atoms with Gasteiger partial charge < -0.3 is 25.0 Å². The van der Waals surface area contributed by atoms with E-state index in [1.807, 2.05) is 13.8 Å². The highest BCUT2D eigenvalue weighted by Gasteiger charge is 2.32. The number of aromatic nitrogens is 1. The predicted molar refractivity (Wildman–Crippen MR) is 147 cm³/mol. The molecule has 11 heteroatoms. The highest BCUT2D eigenvalue weighted by Crippen LogP contribution is 2.32. The number of hydrogen-bond donors (Lipinski definition) is 3. The van der Waals surface area contributed by atoms with Crippen LogP contribution >= 0.6 is 0 Å². The third-order valence-electron chi connectivity index (χ3n) is 6.96. The summed E-state index contributed by atoms with van der Waals surface area (Å²) in [6.45, 7) is 3.92. The number of nitrogens with one attached hydrogen (secondary N) is 2. The Bertz CT molecular complexity index is 1420. The Hall–Kier alpha value is -3.91. The minimum atomic E-state index is -4.48. The topological polar surface area (TPSA) is 78.8 Å². The molecule has 3 aromatic rings. The fraction of sp³-hybridized carbons (Fsp3) is 0.414. The molecule has 1 saturated heterocycles. The SMILES string of the molecule is COc1cc(C(=O)O)ccc1NCC#Cc1cc2c(NC3CCN(C(C)C)CC3F)cccc2n1CC(F)(F)F. The van der Waals surface area contributed by atoms with Crippen LogP contribution in [0.4, 0.5) is 28.9 Å². The van der Waals surface area contributed by atoms with Crippen LogP contribution in [0.2, 0.25) is 0 Å². The number of halogens is 4. The summed E-state index contributed by atoms with van der Waals surface area (Å²) >= 11 is 0. The Labute approximate surface area is 230 Å². The van der Waals surface area contributed by atoms with Crippen LogP contribution in [0.3, 0.4) is 0 Å². The highest BCUT2D eigenvalue weighted by molar-refractivity contribution is 5.94. The van der Waals surface area contributed by atoms with Gasteiger partial charge in [0.15, 0.2) is 0 Å². The minimum Gasteiger partial charge on any atom is -0.495 e. The van der Waals surface area contributed by atoms with E-state index in [0.717, 1.165) is 11.1 Å². The molecule has 0 aliphatic carbocycles. The van der Waals surface area contributed by atoms with Gasteiger partial charge in [0.2, 0.25) is 0 Å². The molecule has 214 valence electrons.